The van der Waals surface area contributed by atoms with Crippen LogP contribution in [-0.2, 0) is 0 Å². The molecule has 1 N–H and O–H groups in total. The molecule has 1 heterocycles. The summed E-state index contributed by atoms with van der Waals surface area (Å²) in [5.41, 5.74) is -0.693. The molecule has 0 atom stereocenters. The molecule has 0 aliphatic carbocycles. The minimum absolute atomic E-state index is 0.0750. The predicted molar refractivity (Wildman–Crippen MR) is 62.2 cm³/mol. The summed E-state index contributed by atoms with van der Waals surface area (Å²) in [5.74, 6) is -0.854. The molecule has 1 fully saturated rings. The molecular formula is C13H16FNO2. The Morgan fingerprint density at radius 2 is 2.12 bits per heavy atom. The van der Waals surface area contributed by atoms with Gasteiger partial charge < -0.3 is 10.0 Å². The van der Waals surface area contributed by atoms with Crippen molar-refractivity contribution in [1.29, 1.82) is 0 Å². The molecule has 0 spiro atoms. The number of halogens is 1. The van der Waals surface area contributed by atoms with E-state index >= 15 is 0 Å². The van der Waals surface area contributed by atoms with Gasteiger partial charge in [-0.1, -0.05) is 25.5 Å². The van der Waals surface area contributed by atoms with E-state index in [0.29, 0.717) is 19.5 Å². The highest BCUT2D eigenvalue weighted by Gasteiger charge is 2.43. The average Bonchev–Trinajstić information content (AvgIpc) is 2.26. The molecule has 1 aromatic rings. The monoisotopic (exact) mass is 237 g/mol. The minimum atomic E-state index is -0.768. The van der Waals surface area contributed by atoms with E-state index in [2.05, 4.69) is 0 Å². The van der Waals surface area contributed by atoms with Gasteiger partial charge in [0.1, 0.15) is 5.82 Å². The first kappa shape index (κ1) is 12.0. The van der Waals surface area contributed by atoms with Gasteiger partial charge in [0.15, 0.2) is 0 Å². The van der Waals surface area contributed by atoms with E-state index in [9.17, 15) is 14.3 Å². The zero-order chi connectivity index (χ0) is 12.5. The van der Waals surface area contributed by atoms with Crippen LogP contribution in [0.5, 0.6) is 0 Å². The molecule has 0 saturated carbocycles. The zero-order valence-electron chi connectivity index (χ0n) is 9.82. The smallest absolute Gasteiger partial charge is 0.257 e. The summed E-state index contributed by atoms with van der Waals surface area (Å²) >= 11 is 0. The van der Waals surface area contributed by atoms with E-state index in [0.717, 1.165) is 6.42 Å². The molecule has 17 heavy (non-hydrogen) atoms. The highest BCUT2D eigenvalue weighted by Crippen LogP contribution is 2.27. The number of carbonyl (C=O) groups is 1. The highest BCUT2D eigenvalue weighted by molar-refractivity contribution is 5.95. The van der Waals surface area contributed by atoms with Crippen LogP contribution in [0.25, 0.3) is 0 Å². The highest BCUT2D eigenvalue weighted by atomic mass is 19.1. The Morgan fingerprint density at radius 1 is 1.47 bits per heavy atom. The van der Waals surface area contributed by atoms with Gasteiger partial charge in [-0.3, -0.25) is 4.79 Å². The fourth-order valence-electron chi connectivity index (χ4n) is 2.24. The van der Waals surface area contributed by atoms with Gasteiger partial charge in [0.2, 0.25) is 0 Å². The Kier molecular flexibility index (Phi) is 3.15. The van der Waals surface area contributed by atoms with Crippen molar-refractivity contribution >= 4 is 5.91 Å². The van der Waals surface area contributed by atoms with Crippen LogP contribution >= 0.6 is 0 Å². The molecule has 1 aliphatic heterocycles. The number of benzene rings is 1. The minimum Gasteiger partial charge on any atom is -0.386 e. The second-order valence-corrected chi connectivity index (χ2v) is 4.62. The summed E-state index contributed by atoms with van der Waals surface area (Å²) in [6.45, 7) is 2.58. The fraction of sp³-hybridized carbons (Fsp3) is 0.462. The number of hydrogen-bond donors (Lipinski definition) is 1. The van der Waals surface area contributed by atoms with Gasteiger partial charge in [-0.2, -0.15) is 0 Å². The van der Waals surface area contributed by atoms with Crippen molar-refractivity contribution in [1.82, 2.24) is 4.90 Å². The number of nitrogens with zero attached hydrogens (tertiary/aromatic N) is 1. The zero-order valence-corrected chi connectivity index (χ0v) is 9.82. The molecule has 1 aromatic carbocycles. The Bertz CT molecular complexity index is 427. The van der Waals surface area contributed by atoms with E-state index in [4.69, 9.17) is 0 Å². The van der Waals surface area contributed by atoms with Gasteiger partial charge in [-0.15, -0.1) is 0 Å². The number of likely N-dealkylation sites (tertiary alicyclic amines) is 1. The molecule has 1 amide bonds. The molecule has 1 aliphatic rings. The maximum Gasteiger partial charge on any atom is 0.257 e. The van der Waals surface area contributed by atoms with Crippen LogP contribution in [0.15, 0.2) is 24.3 Å². The van der Waals surface area contributed by atoms with Crippen LogP contribution in [0.2, 0.25) is 0 Å². The normalized spacial score (nSPS) is 17.7. The third-order valence-electron chi connectivity index (χ3n) is 3.08. The molecule has 0 aromatic heterocycles. The molecular weight excluding hydrogens is 221 g/mol. The summed E-state index contributed by atoms with van der Waals surface area (Å²) in [5, 5.41) is 9.96. The Morgan fingerprint density at radius 3 is 2.71 bits per heavy atom. The lowest BCUT2D eigenvalue weighted by molar-refractivity contribution is -0.0861. The maximum absolute atomic E-state index is 13.4. The summed E-state index contributed by atoms with van der Waals surface area (Å²) < 4.78 is 13.4. The molecule has 4 heteroatoms. The van der Waals surface area contributed by atoms with E-state index in [-0.39, 0.29) is 11.5 Å². The van der Waals surface area contributed by atoms with Crippen molar-refractivity contribution < 1.29 is 14.3 Å². The summed E-state index contributed by atoms with van der Waals surface area (Å²) in [4.78, 5) is 13.4. The maximum atomic E-state index is 13.4. The topological polar surface area (TPSA) is 40.5 Å². The van der Waals surface area contributed by atoms with Crippen LogP contribution in [0.1, 0.15) is 30.1 Å². The first-order chi connectivity index (χ1) is 8.06. The summed E-state index contributed by atoms with van der Waals surface area (Å²) in [7, 11) is 0. The van der Waals surface area contributed by atoms with Gasteiger partial charge in [0, 0.05) is 0 Å². The summed E-state index contributed by atoms with van der Waals surface area (Å²) in [6, 6.07) is 5.92. The van der Waals surface area contributed by atoms with E-state index in [1.807, 2.05) is 6.92 Å². The second kappa shape index (κ2) is 4.45. The number of amides is 1. The molecule has 2 rings (SSSR count). The standard InChI is InChI=1S/C13H16FNO2/c1-2-7-13(17)8-15(9-13)12(16)10-5-3-4-6-11(10)14/h3-6,17H,2,7-9H2,1H3. The van der Waals surface area contributed by atoms with Gasteiger partial charge in [-0.25, -0.2) is 4.39 Å². The Labute approximate surface area is 99.9 Å². The van der Waals surface area contributed by atoms with Crippen molar-refractivity contribution in [2.24, 2.45) is 0 Å². The lowest BCUT2D eigenvalue weighted by Crippen LogP contribution is -2.63. The van der Waals surface area contributed by atoms with Crippen LogP contribution in [-0.4, -0.2) is 34.6 Å². The lowest BCUT2D eigenvalue weighted by atomic mass is 9.88. The fourth-order valence-corrected chi connectivity index (χ4v) is 2.24. The second-order valence-electron chi connectivity index (χ2n) is 4.62. The number of hydrogen-bond acceptors (Lipinski definition) is 2. The Balaban J connectivity index is 2.03. The third-order valence-corrected chi connectivity index (χ3v) is 3.08. The molecule has 3 nitrogen and oxygen atoms in total. The van der Waals surface area contributed by atoms with Gasteiger partial charge >= 0.3 is 0 Å². The molecule has 1 saturated heterocycles. The van der Waals surface area contributed by atoms with E-state index < -0.39 is 11.4 Å². The average molecular weight is 237 g/mol. The SMILES string of the molecule is CCCC1(O)CN(C(=O)c2ccccc2F)C1. The van der Waals surface area contributed by atoms with Gasteiger partial charge in [0.05, 0.1) is 24.3 Å². The summed E-state index contributed by atoms with van der Waals surface area (Å²) in [6.07, 6.45) is 1.55. The van der Waals surface area contributed by atoms with Crippen LogP contribution < -0.4 is 0 Å². The number of rotatable bonds is 3. The van der Waals surface area contributed by atoms with Crippen LogP contribution in [0.3, 0.4) is 0 Å². The first-order valence-electron chi connectivity index (χ1n) is 5.82. The van der Waals surface area contributed by atoms with Crippen molar-refractivity contribution in [3.05, 3.63) is 35.6 Å². The number of carbonyl (C=O) groups excluding carboxylic acids is 1. The quantitative estimate of drug-likeness (QED) is 0.871. The predicted octanol–water partition coefficient (Wildman–Crippen LogP) is 1.81. The molecule has 92 valence electrons. The lowest BCUT2D eigenvalue weighted by Gasteiger charge is -2.46. The van der Waals surface area contributed by atoms with Gasteiger partial charge in [0.25, 0.3) is 5.91 Å². The molecule has 0 radical (unpaired) electrons. The van der Waals surface area contributed by atoms with Crippen molar-refractivity contribution in [3.8, 4) is 0 Å². The first-order valence-corrected chi connectivity index (χ1v) is 5.82. The largest absolute Gasteiger partial charge is 0.386 e. The van der Waals surface area contributed by atoms with Crippen molar-refractivity contribution in [3.63, 3.8) is 0 Å². The molecule has 0 unspecified atom stereocenters. The van der Waals surface area contributed by atoms with Gasteiger partial charge in [-0.05, 0) is 18.6 Å². The van der Waals surface area contributed by atoms with Crippen LogP contribution in [0, 0.1) is 5.82 Å². The number of β-amino-alcohol motifs (C(OH)–C–C–N with tert-alkyl or cyclic N) is 1. The van der Waals surface area contributed by atoms with E-state index in [1.165, 1.54) is 17.0 Å². The molecule has 0 bridgehead atoms. The van der Waals surface area contributed by atoms with Crippen LogP contribution in [0.4, 0.5) is 4.39 Å². The number of aliphatic hydroxyl groups is 1. The van der Waals surface area contributed by atoms with E-state index in [1.54, 1.807) is 12.1 Å². The van der Waals surface area contributed by atoms with Crippen molar-refractivity contribution in [2.75, 3.05) is 13.1 Å². The third kappa shape index (κ3) is 2.31. The Hall–Kier alpha value is -1.42. The van der Waals surface area contributed by atoms with Crippen molar-refractivity contribution in [2.45, 2.75) is 25.4 Å².